The quantitative estimate of drug-likeness (QED) is 0.390. The molecule has 5 heteroatoms. The Kier molecular flexibility index (Phi) is 4.06. The van der Waals surface area contributed by atoms with Gasteiger partial charge in [-0.25, -0.2) is 4.98 Å². The third-order valence-corrected chi connectivity index (χ3v) is 3.58. The van der Waals surface area contributed by atoms with Gasteiger partial charge in [-0.15, -0.1) is 0 Å². The maximum absolute atomic E-state index is 8.82. The first kappa shape index (κ1) is 13.4. The molecule has 1 aromatic carbocycles. The summed E-state index contributed by atoms with van der Waals surface area (Å²) in [6.45, 7) is 3.95. The first-order valence-electron chi connectivity index (χ1n) is 5.80. The molecule has 0 saturated heterocycles. The lowest BCUT2D eigenvalue weighted by Crippen LogP contribution is -2.15. The number of benzene rings is 1. The predicted octanol–water partition coefficient (Wildman–Crippen LogP) is 2.94. The molecular weight excluding hydrogens is 258 g/mol. The van der Waals surface area contributed by atoms with E-state index in [1.165, 1.54) is 17.3 Å². The summed E-state index contributed by atoms with van der Waals surface area (Å²) in [6, 6.07) is 11.8. The van der Waals surface area contributed by atoms with Gasteiger partial charge < -0.3 is 10.9 Å². The number of hydrogen-bond acceptors (Lipinski definition) is 4. The molecule has 0 bridgehead atoms. The van der Waals surface area contributed by atoms with Crippen molar-refractivity contribution in [2.45, 2.75) is 23.8 Å². The Hall–Kier alpha value is -2.01. The summed E-state index contributed by atoms with van der Waals surface area (Å²) in [4.78, 5) is 5.53. The highest BCUT2D eigenvalue weighted by Gasteiger charge is 2.10. The minimum Gasteiger partial charge on any atom is -0.409 e. The highest BCUT2D eigenvalue weighted by molar-refractivity contribution is 7.99. The molecule has 2 aromatic rings. The molecule has 3 N–H and O–H groups in total. The highest BCUT2D eigenvalue weighted by Crippen LogP contribution is 2.29. The van der Waals surface area contributed by atoms with Crippen molar-refractivity contribution >= 4 is 17.6 Å². The molecule has 0 atom stereocenters. The summed E-state index contributed by atoms with van der Waals surface area (Å²) in [7, 11) is 0. The number of nitrogens with zero attached hydrogens (tertiary/aromatic N) is 2. The van der Waals surface area contributed by atoms with Gasteiger partial charge in [0.1, 0.15) is 5.03 Å². The first-order chi connectivity index (χ1) is 9.10. The van der Waals surface area contributed by atoms with E-state index in [4.69, 9.17) is 10.9 Å². The maximum Gasteiger partial charge on any atom is 0.172 e. The van der Waals surface area contributed by atoms with Crippen LogP contribution in [-0.4, -0.2) is 16.0 Å². The zero-order valence-corrected chi connectivity index (χ0v) is 11.6. The van der Waals surface area contributed by atoms with Gasteiger partial charge >= 0.3 is 0 Å². The van der Waals surface area contributed by atoms with Gasteiger partial charge in [0.25, 0.3) is 0 Å². The number of oxime groups is 1. The van der Waals surface area contributed by atoms with E-state index < -0.39 is 0 Å². The summed E-state index contributed by atoms with van der Waals surface area (Å²) in [6.07, 6.45) is 0. The van der Waals surface area contributed by atoms with Gasteiger partial charge in [-0.1, -0.05) is 34.6 Å². The minimum absolute atomic E-state index is 0.0719. The van der Waals surface area contributed by atoms with Crippen LogP contribution in [0.1, 0.15) is 16.8 Å². The van der Waals surface area contributed by atoms with Crippen molar-refractivity contribution in [3.63, 3.8) is 0 Å². The third-order valence-electron chi connectivity index (χ3n) is 2.59. The van der Waals surface area contributed by atoms with E-state index in [1.54, 1.807) is 0 Å². The van der Waals surface area contributed by atoms with Gasteiger partial charge in [0.2, 0.25) is 0 Å². The van der Waals surface area contributed by atoms with Crippen molar-refractivity contribution in [3.8, 4) is 0 Å². The zero-order chi connectivity index (χ0) is 13.8. The topological polar surface area (TPSA) is 71.5 Å². The van der Waals surface area contributed by atoms with E-state index in [1.807, 2.05) is 44.2 Å². The lowest BCUT2D eigenvalue weighted by Gasteiger charge is -2.08. The van der Waals surface area contributed by atoms with Gasteiger partial charge in [0.05, 0.1) is 5.56 Å². The fourth-order valence-corrected chi connectivity index (χ4v) is 2.74. The molecule has 0 saturated carbocycles. The molecule has 2 rings (SSSR count). The number of aryl methyl sites for hydroxylation is 2. The van der Waals surface area contributed by atoms with E-state index in [0.717, 1.165) is 15.6 Å². The van der Waals surface area contributed by atoms with Crippen molar-refractivity contribution in [1.82, 2.24) is 4.98 Å². The molecule has 19 heavy (non-hydrogen) atoms. The summed E-state index contributed by atoms with van der Waals surface area (Å²) >= 11 is 1.50. The smallest absolute Gasteiger partial charge is 0.172 e. The molecule has 0 radical (unpaired) electrons. The molecule has 0 aliphatic rings. The van der Waals surface area contributed by atoms with E-state index in [0.29, 0.717) is 5.56 Å². The van der Waals surface area contributed by atoms with Crippen molar-refractivity contribution < 1.29 is 5.21 Å². The molecule has 0 aliphatic heterocycles. The number of aromatic nitrogens is 1. The molecule has 0 amide bonds. The Morgan fingerprint density at radius 3 is 2.74 bits per heavy atom. The number of nitrogens with two attached hydrogens (primary N) is 1. The molecule has 0 fully saturated rings. The van der Waals surface area contributed by atoms with E-state index >= 15 is 0 Å². The number of hydrogen-bond donors (Lipinski definition) is 2. The van der Waals surface area contributed by atoms with Crippen LogP contribution in [0.3, 0.4) is 0 Å². The second-order valence-corrected chi connectivity index (χ2v) is 5.27. The van der Waals surface area contributed by atoms with Crippen LogP contribution in [0.15, 0.2) is 51.5 Å². The van der Waals surface area contributed by atoms with Crippen molar-refractivity contribution in [2.75, 3.05) is 0 Å². The van der Waals surface area contributed by atoms with Crippen LogP contribution < -0.4 is 5.73 Å². The van der Waals surface area contributed by atoms with Gasteiger partial charge in [-0.05, 0) is 38.1 Å². The zero-order valence-electron chi connectivity index (χ0n) is 10.8. The van der Waals surface area contributed by atoms with Crippen molar-refractivity contribution in [1.29, 1.82) is 0 Å². The molecule has 98 valence electrons. The Bertz CT molecular complexity index is 626. The van der Waals surface area contributed by atoms with E-state index in [-0.39, 0.29) is 5.84 Å². The summed E-state index contributed by atoms with van der Waals surface area (Å²) in [5.74, 6) is 0.0719. The molecular formula is C14H15N3OS. The third kappa shape index (κ3) is 3.26. The molecule has 0 aliphatic carbocycles. The van der Waals surface area contributed by atoms with Crippen LogP contribution in [-0.2, 0) is 0 Å². The minimum atomic E-state index is 0.0719. The van der Waals surface area contributed by atoms with E-state index in [9.17, 15) is 0 Å². The standard InChI is InChI=1S/C14H15N3OS/c1-9-4-3-5-11(8-9)19-14-12(13(15)17-18)7-6-10(2)16-14/h3-8,18H,1-2H3,(H2,15,17). The second kappa shape index (κ2) is 5.75. The maximum atomic E-state index is 8.82. The van der Waals surface area contributed by atoms with Crippen LogP contribution in [0.2, 0.25) is 0 Å². The number of pyridine rings is 1. The molecule has 1 heterocycles. The Balaban J connectivity index is 2.41. The van der Waals surface area contributed by atoms with Gasteiger partial charge in [-0.2, -0.15) is 0 Å². The fraction of sp³-hybridized carbons (Fsp3) is 0.143. The predicted molar refractivity (Wildman–Crippen MR) is 76.8 cm³/mol. The molecule has 4 nitrogen and oxygen atoms in total. The molecule has 0 unspecified atom stereocenters. The Labute approximate surface area is 116 Å². The van der Waals surface area contributed by atoms with Crippen molar-refractivity contribution in [3.05, 3.63) is 53.2 Å². The van der Waals surface area contributed by atoms with Crippen molar-refractivity contribution in [2.24, 2.45) is 10.9 Å². The molecule has 0 spiro atoms. The Morgan fingerprint density at radius 1 is 1.26 bits per heavy atom. The lowest BCUT2D eigenvalue weighted by atomic mass is 10.2. The Morgan fingerprint density at radius 2 is 2.05 bits per heavy atom. The van der Waals surface area contributed by atoms with Crippen LogP contribution in [0.5, 0.6) is 0 Å². The SMILES string of the molecule is Cc1cccc(Sc2nc(C)ccc2C(N)=NO)c1. The van der Waals surface area contributed by atoms with Gasteiger partial charge in [-0.3, -0.25) is 0 Å². The van der Waals surface area contributed by atoms with Crippen LogP contribution in [0, 0.1) is 13.8 Å². The number of amidine groups is 1. The lowest BCUT2D eigenvalue weighted by molar-refractivity contribution is 0.318. The van der Waals surface area contributed by atoms with Gasteiger partial charge in [0, 0.05) is 10.6 Å². The largest absolute Gasteiger partial charge is 0.409 e. The average Bonchev–Trinajstić information content (AvgIpc) is 2.38. The summed E-state index contributed by atoms with van der Waals surface area (Å²) in [5, 5.41) is 12.6. The summed E-state index contributed by atoms with van der Waals surface area (Å²) in [5.41, 5.74) is 8.39. The second-order valence-electron chi connectivity index (χ2n) is 4.21. The number of rotatable bonds is 3. The van der Waals surface area contributed by atoms with E-state index in [2.05, 4.69) is 16.2 Å². The fourth-order valence-electron chi connectivity index (χ4n) is 1.65. The normalized spacial score (nSPS) is 11.6. The van der Waals surface area contributed by atoms with Gasteiger partial charge in [0.15, 0.2) is 5.84 Å². The average molecular weight is 273 g/mol. The monoisotopic (exact) mass is 273 g/mol. The van der Waals surface area contributed by atoms with Crippen LogP contribution in [0.4, 0.5) is 0 Å². The highest BCUT2D eigenvalue weighted by atomic mass is 32.2. The molecule has 1 aromatic heterocycles. The van der Waals surface area contributed by atoms with Crippen LogP contribution in [0.25, 0.3) is 0 Å². The first-order valence-corrected chi connectivity index (χ1v) is 6.62. The summed E-state index contributed by atoms with van der Waals surface area (Å²) < 4.78 is 0. The van der Waals surface area contributed by atoms with Crippen LogP contribution >= 0.6 is 11.8 Å².